The molecule has 0 fully saturated rings. The maximum atomic E-state index is 11.6. The summed E-state index contributed by atoms with van der Waals surface area (Å²) in [6, 6.07) is 10.0. The van der Waals surface area contributed by atoms with E-state index in [1.165, 1.54) is 12.3 Å². The number of nitrogens with one attached hydrogen (secondary N) is 1. The molecule has 0 saturated carbocycles. The zero-order valence-electron chi connectivity index (χ0n) is 10.9. The predicted octanol–water partition coefficient (Wildman–Crippen LogP) is 3.94. The van der Waals surface area contributed by atoms with Crippen LogP contribution in [-0.4, -0.2) is 24.6 Å². The number of aromatic nitrogens is 2. The molecule has 0 amide bonds. The molecule has 21 heavy (non-hydrogen) atoms. The van der Waals surface area contributed by atoms with E-state index in [2.05, 4.69) is 9.97 Å². The summed E-state index contributed by atoms with van der Waals surface area (Å²) in [7, 11) is -3.26. The van der Waals surface area contributed by atoms with E-state index in [1.807, 2.05) is 0 Å². The van der Waals surface area contributed by atoms with E-state index in [0.29, 0.717) is 32.5 Å². The number of hydrogen-bond donors (Lipinski definition) is 1. The Labute approximate surface area is 131 Å². The molecule has 1 aromatic heterocycles. The van der Waals surface area contributed by atoms with Crippen LogP contribution in [0.4, 0.5) is 0 Å². The van der Waals surface area contributed by atoms with Crippen molar-refractivity contribution >= 4 is 44.1 Å². The Morgan fingerprint density at radius 2 is 1.90 bits per heavy atom. The molecule has 0 spiro atoms. The number of aromatic amines is 1. The maximum Gasteiger partial charge on any atom is 0.175 e. The molecule has 7 heteroatoms. The number of benzene rings is 2. The van der Waals surface area contributed by atoms with Crippen LogP contribution < -0.4 is 0 Å². The third kappa shape index (κ3) is 2.64. The first-order valence-corrected chi connectivity index (χ1v) is 8.65. The highest BCUT2D eigenvalue weighted by atomic mass is 35.5. The van der Waals surface area contributed by atoms with Crippen LogP contribution in [-0.2, 0) is 9.84 Å². The summed E-state index contributed by atoms with van der Waals surface area (Å²) >= 11 is 12.2. The second-order valence-corrected chi connectivity index (χ2v) is 7.44. The summed E-state index contributed by atoms with van der Waals surface area (Å²) in [4.78, 5) is 7.73. The molecule has 0 aliphatic rings. The lowest BCUT2D eigenvalue weighted by Crippen LogP contribution is -1.96. The first-order chi connectivity index (χ1) is 9.86. The molecule has 3 rings (SSSR count). The highest BCUT2D eigenvalue weighted by molar-refractivity contribution is 7.90. The van der Waals surface area contributed by atoms with Crippen LogP contribution in [0.25, 0.3) is 22.4 Å². The van der Waals surface area contributed by atoms with Crippen LogP contribution in [0.5, 0.6) is 0 Å². The van der Waals surface area contributed by atoms with Gasteiger partial charge in [-0.05, 0) is 30.3 Å². The molecular weight excluding hydrogens is 331 g/mol. The highest BCUT2D eigenvalue weighted by Crippen LogP contribution is 2.33. The highest BCUT2D eigenvalue weighted by Gasteiger charge is 2.13. The Morgan fingerprint density at radius 3 is 2.62 bits per heavy atom. The molecule has 108 valence electrons. The number of halogens is 2. The number of imidazole rings is 1. The summed E-state index contributed by atoms with van der Waals surface area (Å²) in [5.41, 5.74) is 1.96. The summed E-state index contributed by atoms with van der Waals surface area (Å²) in [5.74, 6) is 0.545. The molecule has 1 heterocycles. The van der Waals surface area contributed by atoms with Crippen LogP contribution >= 0.6 is 23.2 Å². The molecule has 1 N–H and O–H groups in total. The van der Waals surface area contributed by atoms with Gasteiger partial charge >= 0.3 is 0 Å². The van der Waals surface area contributed by atoms with Crippen molar-refractivity contribution < 1.29 is 8.42 Å². The number of H-pyrrole nitrogens is 1. The quantitative estimate of drug-likeness (QED) is 0.768. The van der Waals surface area contributed by atoms with Gasteiger partial charge in [0, 0.05) is 11.8 Å². The molecule has 0 unspecified atom stereocenters. The number of rotatable bonds is 2. The van der Waals surface area contributed by atoms with Gasteiger partial charge in [-0.3, -0.25) is 0 Å². The van der Waals surface area contributed by atoms with E-state index in [0.717, 1.165) is 0 Å². The molecule has 0 radical (unpaired) electrons. The van der Waals surface area contributed by atoms with Gasteiger partial charge in [-0.2, -0.15) is 0 Å². The van der Waals surface area contributed by atoms with Crippen LogP contribution in [0.3, 0.4) is 0 Å². The lowest BCUT2D eigenvalue weighted by atomic mass is 10.2. The van der Waals surface area contributed by atoms with Crippen molar-refractivity contribution in [2.24, 2.45) is 0 Å². The van der Waals surface area contributed by atoms with Crippen LogP contribution in [0.15, 0.2) is 41.3 Å². The largest absolute Gasteiger partial charge is 0.338 e. The predicted molar refractivity (Wildman–Crippen MR) is 84.7 cm³/mol. The second kappa shape index (κ2) is 5.02. The standard InChI is InChI=1S/C14H10Cl2N2O2S/c1-21(19,20)8-5-6-11-12(7-8)18-14(17-11)9-3-2-4-10(15)13(9)16/h2-7H,1H3,(H,17,18). The second-order valence-electron chi connectivity index (χ2n) is 4.64. The lowest BCUT2D eigenvalue weighted by molar-refractivity contribution is 0.602. The van der Waals surface area contributed by atoms with E-state index in [9.17, 15) is 8.42 Å². The summed E-state index contributed by atoms with van der Waals surface area (Å²) < 4.78 is 23.2. The van der Waals surface area contributed by atoms with Crippen molar-refractivity contribution in [1.82, 2.24) is 9.97 Å². The Morgan fingerprint density at radius 1 is 1.14 bits per heavy atom. The average molecular weight is 341 g/mol. The monoisotopic (exact) mass is 340 g/mol. The minimum atomic E-state index is -3.26. The summed E-state index contributed by atoms with van der Waals surface area (Å²) in [6.07, 6.45) is 1.17. The normalized spacial score (nSPS) is 12.0. The van der Waals surface area contributed by atoms with Gasteiger partial charge in [0.1, 0.15) is 5.82 Å². The van der Waals surface area contributed by atoms with Gasteiger partial charge in [0.15, 0.2) is 9.84 Å². The fourth-order valence-corrected chi connectivity index (χ4v) is 3.07. The maximum absolute atomic E-state index is 11.6. The lowest BCUT2D eigenvalue weighted by Gasteiger charge is -2.01. The number of hydrogen-bond acceptors (Lipinski definition) is 3. The van der Waals surface area contributed by atoms with Crippen LogP contribution in [0.2, 0.25) is 10.0 Å². The Bertz CT molecular complexity index is 949. The van der Waals surface area contributed by atoms with Gasteiger partial charge in [-0.1, -0.05) is 29.3 Å². The fourth-order valence-electron chi connectivity index (χ4n) is 2.03. The van der Waals surface area contributed by atoms with Crippen molar-refractivity contribution in [2.45, 2.75) is 4.90 Å². The first kappa shape index (κ1) is 14.4. The Kier molecular flexibility index (Phi) is 3.43. The molecule has 0 aliphatic heterocycles. The smallest absolute Gasteiger partial charge is 0.175 e. The SMILES string of the molecule is CS(=O)(=O)c1ccc2nc(-c3cccc(Cl)c3Cl)[nH]c2c1. The van der Waals surface area contributed by atoms with Crippen LogP contribution in [0.1, 0.15) is 0 Å². The zero-order chi connectivity index (χ0) is 15.2. The fraction of sp³-hybridized carbons (Fsp3) is 0.0714. The first-order valence-electron chi connectivity index (χ1n) is 6.00. The van der Waals surface area contributed by atoms with Gasteiger partial charge < -0.3 is 4.98 Å². The third-order valence-corrected chi connectivity index (χ3v) is 5.02. The van der Waals surface area contributed by atoms with Crippen LogP contribution in [0, 0.1) is 0 Å². The Balaban J connectivity index is 2.20. The topological polar surface area (TPSA) is 62.8 Å². The van der Waals surface area contributed by atoms with Gasteiger partial charge in [0.2, 0.25) is 0 Å². The molecule has 2 aromatic carbocycles. The Hall–Kier alpha value is -1.56. The molecule has 0 aliphatic carbocycles. The van der Waals surface area contributed by atoms with E-state index in [1.54, 1.807) is 30.3 Å². The zero-order valence-corrected chi connectivity index (χ0v) is 13.2. The third-order valence-electron chi connectivity index (χ3n) is 3.09. The van der Waals surface area contributed by atoms with Gasteiger partial charge in [-0.15, -0.1) is 0 Å². The molecule has 0 saturated heterocycles. The number of sulfone groups is 1. The molecule has 0 atom stereocenters. The van der Waals surface area contributed by atoms with Crippen molar-refractivity contribution in [1.29, 1.82) is 0 Å². The van der Waals surface area contributed by atoms with Crippen molar-refractivity contribution in [2.75, 3.05) is 6.26 Å². The van der Waals surface area contributed by atoms with E-state index >= 15 is 0 Å². The van der Waals surface area contributed by atoms with Crippen molar-refractivity contribution in [3.63, 3.8) is 0 Å². The molecular formula is C14H10Cl2N2O2S. The van der Waals surface area contributed by atoms with Gasteiger partial charge in [0.05, 0.1) is 26.0 Å². The molecule has 0 bridgehead atoms. The van der Waals surface area contributed by atoms with Gasteiger partial charge in [-0.25, -0.2) is 13.4 Å². The number of fused-ring (bicyclic) bond motifs is 1. The summed E-state index contributed by atoms with van der Waals surface area (Å²) in [6.45, 7) is 0. The van der Waals surface area contributed by atoms with Crippen molar-refractivity contribution in [3.8, 4) is 11.4 Å². The van der Waals surface area contributed by atoms with E-state index in [4.69, 9.17) is 23.2 Å². The van der Waals surface area contributed by atoms with Gasteiger partial charge in [0.25, 0.3) is 0 Å². The molecule has 4 nitrogen and oxygen atoms in total. The average Bonchev–Trinajstić information content (AvgIpc) is 2.83. The minimum absolute atomic E-state index is 0.238. The minimum Gasteiger partial charge on any atom is -0.338 e. The number of nitrogens with zero attached hydrogens (tertiary/aromatic N) is 1. The molecule has 3 aromatic rings. The van der Waals surface area contributed by atoms with Crippen molar-refractivity contribution in [3.05, 3.63) is 46.4 Å². The summed E-state index contributed by atoms with van der Waals surface area (Å²) in [5, 5.41) is 0.841. The van der Waals surface area contributed by atoms with E-state index in [-0.39, 0.29) is 4.90 Å². The van der Waals surface area contributed by atoms with E-state index < -0.39 is 9.84 Å².